The number of benzene rings is 1. The first-order valence-corrected chi connectivity index (χ1v) is 5.27. The zero-order valence-electron chi connectivity index (χ0n) is 9.05. The minimum absolute atomic E-state index is 0.783. The van der Waals surface area contributed by atoms with Gasteiger partial charge in [-0.05, 0) is 24.1 Å². The second-order valence-corrected chi connectivity index (χ2v) is 3.57. The Kier molecular flexibility index (Phi) is 4.98. The van der Waals surface area contributed by atoms with Gasteiger partial charge in [-0.15, -0.1) is 0 Å². The predicted molar refractivity (Wildman–Crippen MR) is 65.6 cm³/mol. The van der Waals surface area contributed by atoms with E-state index < -0.39 is 0 Å². The van der Waals surface area contributed by atoms with Gasteiger partial charge in [-0.2, -0.15) is 0 Å². The quantitative estimate of drug-likeness (QED) is 0.607. The summed E-state index contributed by atoms with van der Waals surface area (Å²) in [6.45, 7) is 0.841. The van der Waals surface area contributed by atoms with Crippen molar-refractivity contribution in [2.45, 2.75) is 6.42 Å². The van der Waals surface area contributed by atoms with Crippen molar-refractivity contribution in [2.75, 3.05) is 20.6 Å². The Bertz CT molecular complexity index is 336. The van der Waals surface area contributed by atoms with Gasteiger partial charge in [-0.1, -0.05) is 23.7 Å². The van der Waals surface area contributed by atoms with E-state index in [1.54, 1.807) is 7.05 Å². The number of guanidine groups is 1. The highest BCUT2D eigenvalue weighted by atomic mass is 35.5. The van der Waals surface area contributed by atoms with Crippen molar-refractivity contribution in [2.24, 2.45) is 4.99 Å². The van der Waals surface area contributed by atoms with Crippen LogP contribution in [0.25, 0.3) is 0 Å². The maximum Gasteiger partial charge on any atom is 0.190 e. The molecule has 1 rings (SSSR count). The third kappa shape index (κ3) is 4.21. The summed E-state index contributed by atoms with van der Waals surface area (Å²) in [6, 6.07) is 7.89. The lowest BCUT2D eigenvalue weighted by Gasteiger charge is -2.08. The number of hydrogen-bond acceptors (Lipinski definition) is 1. The Morgan fingerprint density at radius 1 is 1.47 bits per heavy atom. The molecule has 0 saturated heterocycles. The molecule has 1 aromatic rings. The third-order valence-corrected chi connectivity index (χ3v) is 2.29. The highest BCUT2D eigenvalue weighted by molar-refractivity contribution is 6.30. The fourth-order valence-corrected chi connectivity index (χ4v) is 1.51. The first-order chi connectivity index (χ1) is 7.26. The van der Waals surface area contributed by atoms with E-state index in [0.29, 0.717) is 0 Å². The van der Waals surface area contributed by atoms with E-state index >= 15 is 0 Å². The summed E-state index contributed by atoms with van der Waals surface area (Å²) in [4.78, 5) is 4.02. The fourth-order valence-electron chi connectivity index (χ4n) is 1.30. The molecule has 15 heavy (non-hydrogen) atoms. The standard InChI is InChI=1S/C11H16ClN3/c1-13-11(14-2)15-7-6-9-4-3-5-10(12)8-9/h3-5,8H,6-7H2,1-2H3,(H2,13,14,15). The average Bonchev–Trinajstić information content (AvgIpc) is 2.25. The van der Waals surface area contributed by atoms with Gasteiger partial charge < -0.3 is 10.6 Å². The lowest BCUT2D eigenvalue weighted by Crippen LogP contribution is -2.35. The molecule has 0 fully saturated rings. The molecular formula is C11H16ClN3. The molecule has 82 valence electrons. The second kappa shape index (κ2) is 6.30. The summed E-state index contributed by atoms with van der Waals surface area (Å²) in [5.41, 5.74) is 1.22. The zero-order chi connectivity index (χ0) is 11.1. The summed E-state index contributed by atoms with van der Waals surface area (Å²) in [6.07, 6.45) is 0.932. The van der Waals surface area contributed by atoms with Crippen LogP contribution in [0.15, 0.2) is 29.3 Å². The summed E-state index contributed by atoms with van der Waals surface area (Å²) in [5, 5.41) is 6.93. The minimum atomic E-state index is 0.783. The number of rotatable bonds is 3. The summed E-state index contributed by atoms with van der Waals surface area (Å²) in [7, 11) is 3.59. The maximum atomic E-state index is 5.88. The Labute approximate surface area is 95.6 Å². The summed E-state index contributed by atoms with van der Waals surface area (Å²) >= 11 is 5.88. The number of nitrogens with zero attached hydrogens (tertiary/aromatic N) is 1. The fraction of sp³-hybridized carbons (Fsp3) is 0.364. The van der Waals surface area contributed by atoms with Gasteiger partial charge in [0.05, 0.1) is 0 Å². The van der Waals surface area contributed by atoms with Gasteiger partial charge in [-0.25, -0.2) is 0 Å². The van der Waals surface area contributed by atoms with Crippen LogP contribution in [-0.4, -0.2) is 26.6 Å². The predicted octanol–water partition coefficient (Wildman–Crippen LogP) is 1.68. The molecule has 0 heterocycles. The smallest absolute Gasteiger partial charge is 0.190 e. The Morgan fingerprint density at radius 3 is 2.87 bits per heavy atom. The molecule has 0 radical (unpaired) electrons. The van der Waals surface area contributed by atoms with Crippen LogP contribution < -0.4 is 10.6 Å². The van der Waals surface area contributed by atoms with Crippen LogP contribution in [0.2, 0.25) is 5.02 Å². The highest BCUT2D eigenvalue weighted by Gasteiger charge is 1.95. The molecule has 2 N–H and O–H groups in total. The molecule has 0 aliphatic heterocycles. The number of halogens is 1. The van der Waals surface area contributed by atoms with Crippen LogP contribution in [0.1, 0.15) is 5.56 Å². The van der Waals surface area contributed by atoms with E-state index in [1.165, 1.54) is 5.56 Å². The van der Waals surface area contributed by atoms with Crippen molar-refractivity contribution < 1.29 is 0 Å². The molecule has 3 nitrogen and oxygen atoms in total. The van der Waals surface area contributed by atoms with Crippen LogP contribution in [0.3, 0.4) is 0 Å². The van der Waals surface area contributed by atoms with Crippen molar-refractivity contribution in [3.63, 3.8) is 0 Å². The molecule has 4 heteroatoms. The van der Waals surface area contributed by atoms with Crippen LogP contribution >= 0.6 is 11.6 Å². The lowest BCUT2D eigenvalue weighted by molar-refractivity contribution is 0.834. The van der Waals surface area contributed by atoms with E-state index in [1.807, 2.05) is 25.2 Å². The Hall–Kier alpha value is -1.22. The van der Waals surface area contributed by atoms with Gasteiger partial charge in [-0.3, -0.25) is 4.99 Å². The molecule has 0 amide bonds. The molecule has 0 spiro atoms. The monoisotopic (exact) mass is 225 g/mol. The first kappa shape index (κ1) is 11.9. The van der Waals surface area contributed by atoms with Gasteiger partial charge in [0.25, 0.3) is 0 Å². The third-order valence-electron chi connectivity index (χ3n) is 2.06. The van der Waals surface area contributed by atoms with Crippen LogP contribution in [0, 0.1) is 0 Å². The van der Waals surface area contributed by atoms with E-state index in [0.717, 1.165) is 23.9 Å². The van der Waals surface area contributed by atoms with Crippen molar-refractivity contribution >= 4 is 17.6 Å². The van der Waals surface area contributed by atoms with Crippen molar-refractivity contribution in [1.82, 2.24) is 10.6 Å². The Morgan fingerprint density at radius 2 is 2.27 bits per heavy atom. The Balaban J connectivity index is 2.38. The van der Waals surface area contributed by atoms with E-state index in [4.69, 9.17) is 11.6 Å². The van der Waals surface area contributed by atoms with Gasteiger partial charge in [0, 0.05) is 25.7 Å². The molecule has 0 aromatic heterocycles. The van der Waals surface area contributed by atoms with E-state index in [9.17, 15) is 0 Å². The normalized spacial score (nSPS) is 11.3. The van der Waals surface area contributed by atoms with Crippen LogP contribution in [0.4, 0.5) is 0 Å². The summed E-state index contributed by atoms with van der Waals surface area (Å²) in [5.74, 6) is 0.803. The molecule has 0 aliphatic rings. The van der Waals surface area contributed by atoms with Gasteiger partial charge in [0.2, 0.25) is 0 Å². The minimum Gasteiger partial charge on any atom is -0.359 e. The molecule has 1 aromatic carbocycles. The summed E-state index contributed by atoms with van der Waals surface area (Å²) < 4.78 is 0. The highest BCUT2D eigenvalue weighted by Crippen LogP contribution is 2.10. The van der Waals surface area contributed by atoms with Gasteiger partial charge in [0.15, 0.2) is 5.96 Å². The lowest BCUT2D eigenvalue weighted by atomic mass is 10.1. The average molecular weight is 226 g/mol. The SMILES string of the molecule is CN=C(NC)NCCc1cccc(Cl)c1. The van der Waals surface area contributed by atoms with E-state index in [-0.39, 0.29) is 0 Å². The van der Waals surface area contributed by atoms with Crippen molar-refractivity contribution in [1.29, 1.82) is 0 Å². The van der Waals surface area contributed by atoms with Crippen LogP contribution in [-0.2, 0) is 6.42 Å². The number of aliphatic imine (C=N–C) groups is 1. The largest absolute Gasteiger partial charge is 0.359 e. The number of nitrogens with one attached hydrogen (secondary N) is 2. The van der Waals surface area contributed by atoms with Gasteiger partial charge in [0.1, 0.15) is 0 Å². The topological polar surface area (TPSA) is 36.4 Å². The van der Waals surface area contributed by atoms with Crippen molar-refractivity contribution in [3.8, 4) is 0 Å². The molecule has 0 aliphatic carbocycles. The second-order valence-electron chi connectivity index (χ2n) is 3.13. The molecular weight excluding hydrogens is 210 g/mol. The van der Waals surface area contributed by atoms with Gasteiger partial charge >= 0.3 is 0 Å². The molecule has 0 saturated carbocycles. The molecule has 0 atom stereocenters. The first-order valence-electron chi connectivity index (χ1n) is 4.89. The van der Waals surface area contributed by atoms with E-state index in [2.05, 4.69) is 21.7 Å². The zero-order valence-corrected chi connectivity index (χ0v) is 9.80. The maximum absolute atomic E-state index is 5.88. The molecule has 0 bridgehead atoms. The van der Waals surface area contributed by atoms with Crippen molar-refractivity contribution in [3.05, 3.63) is 34.9 Å². The molecule has 0 unspecified atom stereocenters. The van der Waals surface area contributed by atoms with Crippen LogP contribution in [0.5, 0.6) is 0 Å². The number of hydrogen-bond donors (Lipinski definition) is 2.